The molecule has 0 bridgehead atoms. The standard InChI is InChI=1S/C15H21N3O2S/c1-17-6-7-18(2)13(11-17)10-16-15(20)14-12(4-3-8-19)5-9-21-14/h5,9,13,19H,6-8,10-11H2,1-2H3,(H,16,20). The highest BCUT2D eigenvalue weighted by molar-refractivity contribution is 7.12. The number of aliphatic hydroxyl groups excluding tert-OH is 1. The lowest BCUT2D eigenvalue weighted by molar-refractivity contribution is 0.0884. The molecule has 1 aliphatic heterocycles. The molecule has 1 saturated heterocycles. The molecule has 0 spiro atoms. The number of thiophene rings is 1. The van der Waals surface area contributed by atoms with Crippen LogP contribution in [-0.4, -0.2) is 73.7 Å². The summed E-state index contributed by atoms with van der Waals surface area (Å²) in [5.41, 5.74) is 0.681. The lowest BCUT2D eigenvalue weighted by atomic mass is 10.2. The summed E-state index contributed by atoms with van der Waals surface area (Å²) < 4.78 is 0. The first kappa shape index (κ1) is 16.0. The van der Waals surface area contributed by atoms with Crippen molar-refractivity contribution in [2.24, 2.45) is 0 Å². The van der Waals surface area contributed by atoms with Crippen LogP contribution in [0, 0.1) is 11.8 Å². The van der Waals surface area contributed by atoms with Crippen LogP contribution in [0.25, 0.3) is 0 Å². The fraction of sp³-hybridized carbons (Fsp3) is 0.533. The minimum absolute atomic E-state index is 0.0890. The van der Waals surface area contributed by atoms with Crippen molar-refractivity contribution >= 4 is 17.2 Å². The number of amides is 1. The summed E-state index contributed by atoms with van der Waals surface area (Å²) >= 11 is 1.38. The first-order valence-corrected chi connectivity index (χ1v) is 7.84. The Kier molecular flexibility index (Phi) is 5.76. The number of hydrogen-bond acceptors (Lipinski definition) is 5. The molecule has 2 N–H and O–H groups in total. The summed E-state index contributed by atoms with van der Waals surface area (Å²) in [5.74, 6) is 5.30. The molecule has 5 nitrogen and oxygen atoms in total. The molecule has 6 heteroatoms. The van der Waals surface area contributed by atoms with Gasteiger partial charge in [0.05, 0.1) is 0 Å². The van der Waals surface area contributed by atoms with Crippen molar-refractivity contribution in [2.75, 3.05) is 46.9 Å². The highest BCUT2D eigenvalue weighted by Gasteiger charge is 2.23. The number of rotatable bonds is 3. The lowest BCUT2D eigenvalue weighted by Gasteiger charge is -2.37. The normalized spacial score (nSPS) is 19.9. The van der Waals surface area contributed by atoms with Gasteiger partial charge >= 0.3 is 0 Å². The summed E-state index contributed by atoms with van der Waals surface area (Å²) in [7, 11) is 4.19. The molecule has 0 radical (unpaired) electrons. The van der Waals surface area contributed by atoms with Gasteiger partial charge in [-0.15, -0.1) is 11.3 Å². The molecular formula is C15H21N3O2S. The second-order valence-electron chi connectivity index (χ2n) is 5.23. The van der Waals surface area contributed by atoms with Gasteiger partial charge in [0, 0.05) is 37.8 Å². The molecular weight excluding hydrogens is 286 g/mol. The fourth-order valence-electron chi connectivity index (χ4n) is 2.33. The third-order valence-electron chi connectivity index (χ3n) is 3.65. The summed E-state index contributed by atoms with van der Waals surface area (Å²) in [6, 6.07) is 2.14. The minimum Gasteiger partial charge on any atom is -0.384 e. The molecule has 0 aliphatic carbocycles. The maximum absolute atomic E-state index is 12.3. The zero-order valence-electron chi connectivity index (χ0n) is 12.4. The van der Waals surface area contributed by atoms with E-state index in [4.69, 9.17) is 5.11 Å². The second-order valence-corrected chi connectivity index (χ2v) is 6.15. The Balaban J connectivity index is 1.94. The third kappa shape index (κ3) is 4.29. The van der Waals surface area contributed by atoms with Gasteiger partial charge in [-0.2, -0.15) is 0 Å². The van der Waals surface area contributed by atoms with Crippen molar-refractivity contribution in [1.82, 2.24) is 15.1 Å². The number of aliphatic hydroxyl groups is 1. The van der Waals surface area contributed by atoms with E-state index in [1.165, 1.54) is 11.3 Å². The molecule has 1 amide bonds. The van der Waals surface area contributed by atoms with Crippen LogP contribution in [0.3, 0.4) is 0 Å². The van der Waals surface area contributed by atoms with Gasteiger partial charge in [-0.05, 0) is 25.5 Å². The zero-order chi connectivity index (χ0) is 15.2. The van der Waals surface area contributed by atoms with E-state index in [-0.39, 0.29) is 12.5 Å². The first-order chi connectivity index (χ1) is 10.1. The summed E-state index contributed by atoms with van der Waals surface area (Å²) in [6.07, 6.45) is 0. The molecule has 1 atom stereocenters. The van der Waals surface area contributed by atoms with Gasteiger partial charge in [-0.25, -0.2) is 0 Å². The number of hydrogen-bond donors (Lipinski definition) is 2. The highest BCUT2D eigenvalue weighted by atomic mass is 32.1. The molecule has 1 aromatic rings. The quantitative estimate of drug-likeness (QED) is 0.776. The van der Waals surface area contributed by atoms with E-state index >= 15 is 0 Å². The van der Waals surface area contributed by atoms with Gasteiger partial charge in [0.25, 0.3) is 5.91 Å². The van der Waals surface area contributed by atoms with E-state index < -0.39 is 0 Å². The van der Waals surface area contributed by atoms with E-state index in [1.807, 2.05) is 11.4 Å². The van der Waals surface area contributed by atoms with Crippen molar-refractivity contribution in [2.45, 2.75) is 6.04 Å². The molecule has 0 saturated carbocycles. The van der Waals surface area contributed by atoms with Gasteiger partial charge < -0.3 is 15.3 Å². The van der Waals surface area contributed by atoms with Crippen LogP contribution in [0.1, 0.15) is 15.2 Å². The largest absolute Gasteiger partial charge is 0.384 e. The molecule has 0 aromatic carbocycles. The van der Waals surface area contributed by atoms with Gasteiger partial charge in [-0.3, -0.25) is 9.69 Å². The monoisotopic (exact) mass is 307 g/mol. The maximum atomic E-state index is 12.3. The average molecular weight is 307 g/mol. The molecule has 114 valence electrons. The number of carbonyl (C=O) groups excluding carboxylic acids is 1. The number of nitrogens with zero attached hydrogens (tertiary/aromatic N) is 2. The topological polar surface area (TPSA) is 55.8 Å². The molecule has 1 fully saturated rings. The Labute approximate surface area is 129 Å². The molecule has 2 rings (SSSR count). The van der Waals surface area contributed by atoms with E-state index in [9.17, 15) is 4.79 Å². The van der Waals surface area contributed by atoms with E-state index in [2.05, 4.69) is 41.1 Å². The summed E-state index contributed by atoms with van der Waals surface area (Å²) in [5, 5.41) is 13.6. The van der Waals surface area contributed by atoms with Crippen molar-refractivity contribution in [1.29, 1.82) is 0 Å². The van der Waals surface area contributed by atoms with Crippen LogP contribution < -0.4 is 5.32 Å². The number of piperazine rings is 1. The molecule has 1 aliphatic rings. The number of carbonyl (C=O) groups is 1. The minimum atomic E-state index is -0.198. The predicted molar refractivity (Wildman–Crippen MR) is 84.5 cm³/mol. The Morgan fingerprint density at radius 1 is 1.52 bits per heavy atom. The van der Waals surface area contributed by atoms with Crippen molar-refractivity contribution < 1.29 is 9.90 Å². The number of likely N-dealkylation sites (N-methyl/N-ethyl adjacent to an activating group) is 2. The SMILES string of the molecule is CN1CCN(C)C(CNC(=O)c2sccc2C#CCO)C1. The Morgan fingerprint density at radius 2 is 2.33 bits per heavy atom. The molecule has 1 unspecified atom stereocenters. The van der Waals surface area contributed by atoms with E-state index in [0.717, 1.165) is 19.6 Å². The Bertz CT molecular complexity index is 547. The van der Waals surface area contributed by atoms with E-state index in [1.54, 1.807) is 0 Å². The van der Waals surface area contributed by atoms with Gasteiger partial charge in [-0.1, -0.05) is 11.8 Å². The van der Waals surface area contributed by atoms with E-state index in [0.29, 0.717) is 23.0 Å². The molecule has 21 heavy (non-hydrogen) atoms. The van der Waals surface area contributed by atoms with Crippen LogP contribution in [-0.2, 0) is 0 Å². The van der Waals surface area contributed by atoms with Crippen LogP contribution in [0.2, 0.25) is 0 Å². The van der Waals surface area contributed by atoms with Crippen molar-refractivity contribution in [3.8, 4) is 11.8 Å². The summed E-state index contributed by atoms with van der Waals surface area (Å²) in [4.78, 5) is 17.4. The Hall–Kier alpha value is -1.39. The fourth-order valence-corrected chi connectivity index (χ4v) is 3.10. The number of nitrogens with one attached hydrogen (secondary N) is 1. The van der Waals surface area contributed by atoms with Gasteiger partial charge in [0.2, 0.25) is 0 Å². The maximum Gasteiger partial charge on any atom is 0.262 e. The lowest BCUT2D eigenvalue weighted by Crippen LogP contribution is -2.54. The van der Waals surface area contributed by atoms with Gasteiger partial charge in [0.1, 0.15) is 11.5 Å². The smallest absolute Gasteiger partial charge is 0.262 e. The molecule has 2 heterocycles. The highest BCUT2D eigenvalue weighted by Crippen LogP contribution is 2.15. The zero-order valence-corrected chi connectivity index (χ0v) is 13.2. The molecule has 1 aromatic heterocycles. The Morgan fingerprint density at radius 3 is 3.10 bits per heavy atom. The average Bonchev–Trinajstić information content (AvgIpc) is 2.94. The van der Waals surface area contributed by atoms with Crippen molar-refractivity contribution in [3.63, 3.8) is 0 Å². The third-order valence-corrected chi connectivity index (χ3v) is 4.57. The predicted octanol–water partition coefficient (Wildman–Crippen LogP) is 0.0675. The van der Waals surface area contributed by atoms with Crippen LogP contribution in [0.5, 0.6) is 0 Å². The van der Waals surface area contributed by atoms with Gasteiger partial charge in [0.15, 0.2) is 0 Å². The van der Waals surface area contributed by atoms with Crippen LogP contribution >= 0.6 is 11.3 Å². The summed E-state index contributed by atoms with van der Waals surface area (Å²) in [6.45, 7) is 3.47. The van der Waals surface area contributed by atoms with Crippen LogP contribution in [0.15, 0.2) is 11.4 Å². The van der Waals surface area contributed by atoms with Crippen molar-refractivity contribution in [3.05, 3.63) is 21.9 Å². The van der Waals surface area contributed by atoms with Crippen LogP contribution in [0.4, 0.5) is 0 Å². The second kappa shape index (κ2) is 7.57. The first-order valence-electron chi connectivity index (χ1n) is 6.96.